The van der Waals surface area contributed by atoms with E-state index in [2.05, 4.69) is 9.72 Å². The van der Waals surface area contributed by atoms with Gasteiger partial charge < -0.3 is 14.6 Å². The zero-order valence-electron chi connectivity index (χ0n) is 11.7. The van der Waals surface area contributed by atoms with Crippen LogP contribution in [-0.2, 0) is 20.1 Å². The first-order valence-corrected chi connectivity index (χ1v) is 6.46. The zero-order valence-corrected chi connectivity index (χ0v) is 12.4. The lowest BCUT2D eigenvalue weighted by Crippen LogP contribution is -2.26. The second-order valence-corrected chi connectivity index (χ2v) is 4.76. The number of carbonyl (C=O) groups is 1. The molecule has 0 spiro atoms. The summed E-state index contributed by atoms with van der Waals surface area (Å²) in [5, 5.41) is 10.8. The molecule has 0 aliphatic rings. The van der Waals surface area contributed by atoms with Crippen molar-refractivity contribution in [3.05, 3.63) is 41.2 Å². The number of halogens is 1. The summed E-state index contributed by atoms with van der Waals surface area (Å²) in [5.74, 6) is -2.29. The first-order valence-electron chi connectivity index (χ1n) is 6.08. The molecular formula is C14H18ClNO4. The third kappa shape index (κ3) is 4.30. The number of rotatable bonds is 6. The molecule has 0 bridgehead atoms. The van der Waals surface area contributed by atoms with Crippen molar-refractivity contribution in [2.75, 3.05) is 14.2 Å². The Bertz CT molecular complexity index is 492. The van der Waals surface area contributed by atoms with Crippen LogP contribution in [-0.4, -0.2) is 30.3 Å². The Morgan fingerprint density at radius 2 is 2.30 bits per heavy atom. The number of esters is 1. The van der Waals surface area contributed by atoms with Crippen LogP contribution >= 0.6 is 11.6 Å². The summed E-state index contributed by atoms with van der Waals surface area (Å²) in [6, 6.07) is 3.11. The van der Waals surface area contributed by atoms with E-state index in [1.165, 1.54) is 32.6 Å². The molecule has 110 valence electrons. The number of aromatic nitrogens is 1. The average molecular weight is 300 g/mol. The van der Waals surface area contributed by atoms with Gasteiger partial charge in [-0.1, -0.05) is 24.6 Å². The summed E-state index contributed by atoms with van der Waals surface area (Å²) >= 11 is 5.86. The van der Waals surface area contributed by atoms with Crippen LogP contribution < -0.4 is 0 Å². The van der Waals surface area contributed by atoms with Gasteiger partial charge in [0.1, 0.15) is 5.69 Å². The molecule has 0 aliphatic heterocycles. The minimum Gasteiger partial charge on any atom is -0.469 e. The topological polar surface area (TPSA) is 68.7 Å². The number of hydrogen-bond acceptors (Lipinski definition) is 5. The number of nitrogens with zero attached hydrogens (tertiary/aromatic N) is 1. The molecule has 0 fully saturated rings. The number of hydrogen-bond donors (Lipinski definition) is 1. The average Bonchev–Trinajstić information content (AvgIpc) is 2.45. The second-order valence-electron chi connectivity index (χ2n) is 4.32. The molecule has 1 rings (SSSR count). The highest BCUT2D eigenvalue weighted by molar-refractivity contribution is 6.30. The van der Waals surface area contributed by atoms with E-state index in [1.807, 2.05) is 0 Å². The number of methoxy groups -OCH3 is 2. The Morgan fingerprint density at radius 3 is 2.85 bits per heavy atom. The van der Waals surface area contributed by atoms with E-state index in [-0.39, 0.29) is 17.6 Å². The molecule has 5 nitrogen and oxygen atoms in total. The summed E-state index contributed by atoms with van der Waals surface area (Å²) < 4.78 is 9.70. The molecule has 20 heavy (non-hydrogen) atoms. The van der Waals surface area contributed by atoms with Gasteiger partial charge in [-0.25, -0.2) is 0 Å². The molecule has 0 aromatic carbocycles. The minimum atomic E-state index is -1.68. The van der Waals surface area contributed by atoms with E-state index in [0.29, 0.717) is 11.4 Å². The maximum absolute atomic E-state index is 11.3. The molecule has 1 N–H and O–H groups in total. The standard InChI is InChI=1S/C14H18ClNO4/c1-10(13(17)19-2)5-4-7-14(18,20-3)12-9-11(15)6-8-16-12/h4,6-10,18H,5H2,1-3H3/b7-4+/t10-,14+/m1/s1. The molecule has 1 heterocycles. The Morgan fingerprint density at radius 1 is 1.60 bits per heavy atom. The molecule has 1 aromatic rings. The first-order chi connectivity index (χ1) is 9.42. The van der Waals surface area contributed by atoms with Gasteiger partial charge in [-0.2, -0.15) is 0 Å². The lowest BCUT2D eigenvalue weighted by Gasteiger charge is -2.22. The molecule has 0 aliphatic carbocycles. The van der Waals surface area contributed by atoms with Gasteiger partial charge in [0.05, 0.1) is 13.0 Å². The molecular weight excluding hydrogens is 282 g/mol. The van der Waals surface area contributed by atoms with Crippen molar-refractivity contribution in [2.45, 2.75) is 19.1 Å². The van der Waals surface area contributed by atoms with Crippen molar-refractivity contribution < 1.29 is 19.4 Å². The van der Waals surface area contributed by atoms with E-state index in [1.54, 1.807) is 19.1 Å². The van der Waals surface area contributed by atoms with Crippen molar-refractivity contribution in [3.8, 4) is 0 Å². The Balaban J connectivity index is 2.82. The fourth-order valence-corrected chi connectivity index (χ4v) is 1.75. The third-order valence-corrected chi connectivity index (χ3v) is 3.07. The number of aliphatic hydroxyl groups is 1. The molecule has 2 atom stereocenters. The van der Waals surface area contributed by atoms with Crippen molar-refractivity contribution in [1.29, 1.82) is 0 Å². The predicted molar refractivity (Wildman–Crippen MR) is 75.1 cm³/mol. The van der Waals surface area contributed by atoms with Gasteiger partial charge in [0, 0.05) is 18.3 Å². The molecule has 0 amide bonds. The van der Waals surface area contributed by atoms with Crippen LogP contribution in [0.4, 0.5) is 0 Å². The predicted octanol–water partition coefficient (Wildman–Crippen LogP) is 2.28. The fraction of sp³-hybridized carbons (Fsp3) is 0.429. The summed E-state index contributed by atoms with van der Waals surface area (Å²) in [5.41, 5.74) is 0.273. The fourth-order valence-electron chi connectivity index (χ4n) is 1.59. The summed E-state index contributed by atoms with van der Waals surface area (Å²) in [4.78, 5) is 15.3. The van der Waals surface area contributed by atoms with Crippen LogP contribution in [0.5, 0.6) is 0 Å². The number of ether oxygens (including phenoxy) is 2. The Hall–Kier alpha value is -1.43. The first kappa shape index (κ1) is 16.6. The van der Waals surface area contributed by atoms with Crippen LogP contribution in [0.3, 0.4) is 0 Å². The van der Waals surface area contributed by atoms with E-state index in [9.17, 15) is 9.90 Å². The van der Waals surface area contributed by atoms with Crippen LogP contribution in [0, 0.1) is 5.92 Å². The van der Waals surface area contributed by atoms with Crippen molar-refractivity contribution in [3.63, 3.8) is 0 Å². The number of allylic oxidation sites excluding steroid dienone is 1. The minimum absolute atomic E-state index is 0.273. The number of carbonyl (C=O) groups excluding carboxylic acids is 1. The van der Waals surface area contributed by atoms with Crippen LogP contribution in [0.1, 0.15) is 19.0 Å². The molecule has 1 aromatic heterocycles. The SMILES string of the molecule is COC(=O)[C@H](C)C/C=C/[C@](O)(OC)c1cc(Cl)ccn1. The molecule has 0 saturated heterocycles. The highest BCUT2D eigenvalue weighted by Gasteiger charge is 2.27. The van der Waals surface area contributed by atoms with Gasteiger partial charge in [-0.15, -0.1) is 0 Å². The quantitative estimate of drug-likeness (QED) is 0.496. The molecule has 0 saturated carbocycles. The van der Waals surface area contributed by atoms with Gasteiger partial charge in [0.15, 0.2) is 0 Å². The van der Waals surface area contributed by atoms with Crippen LogP contribution in [0.15, 0.2) is 30.5 Å². The van der Waals surface area contributed by atoms with Crippen molar-refractivity contribution in [2.24, 2.45) is 5.92 Å². The molecule has 0 unspecified atom stereocenters. The van der Waals surface area contributed by atoms with Gasteiger partial charge in [0.25, 0.3) is 0 Å². The smallest absolute Gasteiger partial charge is 0.308 e. The van der Waals surface area contributed by atoms with Crippen LogP contribution in [0.25, 0.3) is 0 Å². The monoisotopic (exact) mass is 299 g/mol. The Labute approximate surface area is 123 Å². The van der Waals surface area contributed by atoms with Crippen molar-refractivity contribution in [1.82, 2.24) is 4.98 Å². The normalized spacial score (nSPS) is 15.8. The highest BCUT2D eigenvalue weighted by atomic mass is 35.5. The summed E-state index contributed by atoms with van der Waals surface area (Å²) in [6.45, 7) is 1.74. The van der Waals surface area contributed by atoms with Gasteiger partial charge in [-0.3, -0.25) is 9.78 Å². The van der Waals surface area contributed by atoms with Crippen LogP contribution in [0.2, 0.25) is 5.02 Å². The highest BCUT2D eigenvalue weighted by Crippen LogP contribution is 2.24. The summed E-state index contributed by atoms with van der Waals surface area (Å²) in [6.07, 6.45) is 4.98. The zero-order chi connectivity index (χ0) is 15.2. The van der Waals surface area contributed by atoms with Gasteiger partial charge >= 0.3 is 5.97 Å². The molecule has 0 radical (unpaired) electrons. The van der Waals surface area contributed by atoms with E-state index in [4.69, 9.17) is 16.3 Å². The largest absolute Gasteiger partial charge is 0.469 e. The van der Waals surface area contributed by atoms with Crippen molar-refractivity contribution >= 4 is 17.6 Å². The lowest BCUT2D eigenvalue weighted by molar-refractivity contribution is -0.157. The Kier molecular flexibility index (Phi) is 6.13. The van der Waals surface area contributed by atoms with E-state index >= 15 is 0 Å². The van der Waals surface area contributed by atoms with E-state index in [0.717, 1.165) is 0 Å². The van der Waals surface area contributed by atoms with Gasteiger partial charge in [-0.05, 0) is 24.6 Å². The number of pyridine rings is 1. The van der Waals surface area contributed by atoms with Gasteiger partial charge in [0.2, 0.25) is 5.79 Å². The maximum atomic E-state index is 11.3. The molecule has 6 heteroatoms. The third-order valence-electron chi connectivity index (χ3n) is 2.84. The maximum Gasteiger partial charge on any atom is 0.308 e. The summed E-state index contributed by atoms with van der Waals surface area (Å²) in [7, 11) is 2.70. The second kappa shape index (κ2) is 7.38. The lowest BCUT2D eigenvalue weighted by atomic mass is 10.1. The van der Waals surface area contributed by atoms with E-state index < -0.39 is 5.79 Å².